The summed E-state index contributed by atoms with van der Waals surface area (Å²) in [5.74, 6) is -8.47. The molecule has 1 fully saturated rings. The fraction of sp³-hybridized carbons (Fsp3) is 0.562. The number of nitrogens with zero attached hydrogens (tertiary/aromatic N) is 1. The van der Waals surface area contributed by atoms with Crippen LogP contribution in [-0.2, 0) is 48.4 Å². The molecule has 4 rings (SSSR count). The Kier molecular flexibility index (Phi) is 10.0. The van der Waals surface area contributed by atoms with Gasteiger partial charge >= 0.3 is 29.8 Å². The number of aryl methyl sites for hydroxylation is 1. The standard InChI is InChI=1S/C32H39NO14/c1-15-6-7-20(35)26-25(15)31-10-11-33(5)18(4)32(31,43)9-8-21(27(31)47-26)45-24(38)13-19(12-16(2)34)30(42)44-17(3)29(41)46-22(28(39)40)14-23(36)37/h6-8,17-19,22,27,35,43H,9-14H2,1-5H3,(H,36,37)(H,39,40)/t17-,18+,19-,22-,27-,31-,32+/m0/s1. The van der Waals surface area contributed by atoms with E-state index in [1.807, 2.05) is 25.8 Å². The molecule has 4 N–H and O–H groups in total. The van der Waals surface area contributed by atoms with Crippen molar-refractivity contribution in [3.8, 4) is 11.5 Å². The van der Waals surface area contributed by atoms with Crippen LogP contribution in [0, 0.1) is 12.8 Å². The van der Waals surface area contributed by atoms with Crippen molar-refractivity contribution in [2.75, 3.05) is 13.6 Å². The molecule has 0 radical (unpaired) electrons. The summed E-state index contributed by atoms with van der Waals surface area (Å²) < 4.78 is 21.8. The van der Waals surface area contributed by atoms with E-state index in [-0.39, 0.29) is 29.7 Å². The summed E-state index contributed by atoms with van der Waals surface area (Å²) in [7, 11) is 1.89. The van der Waals surface area contributed by atoms with Crippen LogP contribution in [0.5, 0.6) is 11.5 Å². The summed E-state index contributed by atoms with van der Waals surface area (Å²) in [5.41, 5.74) is -1.07. The zero-order valence-corrected chi connectivity index (χ0v) is 26.7. The maximum Gasteiger partial charge on any atom is 0.348 e. The molecule has 0 bridgehead atoms. The van der Waals surface area contributed by atoms with E-state index in [1.54, 1.807) is 12.1 Å². The van der Waals surface area contributed by atoms with Gasteiger partial charge in [0, 0.05) is 24.4 Å². The summed E-state index contributed by atoms with van der Waals surface area (Å²) in [6, 6.07) is 2.87. The summed E-state index contributed by atoms with van der Waals surface area (Å²) in [4.78, 5) is 74.9. The number of likely N-dealkylation sites (N-methyl/N-ethyl adjacent to an activating group) is 1. The van der Waals surface area contributed by atoms with Crippen molar-refractivity contribution < 1.29 is 68.1 Å². The summed E-state index contributed by atoms with van der Waals surface area (Å²) in [6.45, 7) is 6.54. The van der Waals surface area contributed by atoms with Gasteiger partial charge in [0.15, 0.2) is 23.7 Å². The number of phenols is 1. The molecule has 47 heavy (non-hydrogen) atoms. The molecule has 3 aliphatic rings. The number of ether oxygens (including phenoxy) is 4. The Bertz CT molecular complexity index is 1520. The highest BCUT2D eigenvalue weighted by Crippen LogP contribution is 2.62. The van der Waals surface area contributed by atoms with E-state index in [4.69, 9.17) is 24.4 Å². The van der Waals surface area contributed by atoms with E-state index in [0.29, 0.717) is 18.5 Å². The number of aliphatic hydroxyl groups is 1. The number of ketones is 1. The molecule has 1 spiro atoms. The number of rotatable bonds is 12. The monoisotopic (exact) mass is 661 g/mol. The molecule has 7 atom stereocenters. The van der Waals surface area contributed by atoms with Crippen molar-refractivity contribution in [1.82, 2.24) is 4.90 Å². The van der Waals surface area contributed by atoms with Crippen molar-refractivity contribution in [1.29, 1.82) is 0 Å². The molecule has 0 unspecified atom stereocenters. The molecule has 0 amide bonds. The Hall–Kier alpha value is -4.50. The van der Waals surface area contributed by atoms with Crippen LogP contribution in [0.4, 0.5) is 0 Å². The highest BCUT2D eigenvalue weighted by molar-refractivity contribution is 5.88. The maximum absolute atomic E-state index is 13.3. The highest BCUT2D eigenvalue weighted by atomic mass is 16.6. The van der Waals surface area contributed by atoms with Gasteiger partial charge in [-0.3, -0.25) is 14.4 Å². The van der Waals surface area contributed by atoms with Gasteiger partial charge in [-0.1, -0.05) is 6.07 Å². The van der Waals surface area contributed by atoms with Crippen molar-refractivity contribution in [3.05, 3.63) is 35.1 Å². The quantitative estimate of drug-likeness (QED) is 0.183. The van der Waals surface area contributed by atoms with Gasteiger partial charge in [-0.05, 0) is 65.4 Å². The number of carbonyl (C=O) groups excluding carboxylic acids is 4. The second kappa shape index (κ2) is 13.3. The summed E-state index contributed by atoms with van der Waals surface area (Å²) >= 11 is 0. The van der Waals surface area contributed by atoms with Gasteiger partial charge in [0.1, 0.15) is 11.5 Å². The largest absolute Gasteiger partial charge is 0.504 e. The average Bonchev–Trinajstić information content (AvgIpc) is 3.35. The molecule has 15 heteroatoms. The third-order valence-corrected chi connectivity index (χ3v) is 9.36. The minimum atomic E-state index is -2.03. The predicted molar refractivity (Wildman–Crippen MR) is 158 cm³/mol. The molecule has 1 aromatic rings. The normalized spacial score (nSPS) is 26.6. The number of carbonyl (C=O) groups is 6. The van der Waals surface area contributed by atoms with Crippen LogP contribution in [0.3, 0.4) is 0 Å². The number of hydrogen-bond donors (Lipinski definition) is 4. The van der Waals surface area contributed by atoms with Crippen LogP contribution in [0.15, 0.2) is 24.0 Å². The number of hydrogen-bond acceptors (Lipinski definition) is 13. The molecular weight excluding hydrogens is 622 g/mol. The van der Waals surface area contributed by atoms with Crippen molar-refractivity contribution in [2.24, 2.45) is 5.92 Å². The van der Waals surface area contributed by atoms with Gasteiger partial charge in [-0.25, -0.2) is 9.59 Å². The van der Waals surface area contributed by atoms with Crippen LogP contribution in [0.25, 0.3) is 0 Å². The summed E-state index contributed by atoms with van der Waals surface area (Å²) in [6.07, 6.45) is -4.86. The second-order valence-electron chi connectivity index (χ2n) is 12.4. The molecule has 15 nitrogen and oxygen atoms in total. The van der Waals surface area contributed by atoms with Crippen molar-refractivity contribution >= 4 is 35.6 Å². The van der Waals surface area contributed by atoms with Gasteiger partial charge in [0.25, 0.3) is 0 Å². The van der Waals surface area contributed by atoms with Crippen LogP contribution < -0.4 is 4.74 Å². The molecule has 2 heterocycles. The first-order valence-electron chi connectivity index (χ1n) is 15.1. The predicted octanol–water partition coefficient (Wildman–Crippen LogP) is 1.37. The molecule has 0 saturated carbocycles. The van der Waals surface area contributed by atoms with Gasteiger partial charge in [0.2, 0.25) is 6.10 Å². The number of carboxylic acid groups (broad SMARTS) is 2. The minimum absolute atomic E-state index is 0.0662. The van der Waals surface area contributed by atoms with E-state index in [0.717, 1.165) is 12.5 Å². The van der Waals surface area contributed by atoms with Crippen LogP contribution in [0.1, 0.15) is 64.0 Å². The lowest BCUT2D eigenvalue weighted by molar-refractivity contribution is -0.179. The second-order valence-corrected chi connectivity index (χ2v) is 12.4. The molecule has 0 aromatic heterocycles. The lowest BCUT2D eigenvalue weighted by Gasteiger charge is -2.58. The number of carboxylic acids is 2. The molecule has 1 saturated heterocycles. The molecular formula is C32H39NO14. The smallest absolute Gasteiger partial charge is 0.348 e. The van der Waals surface area contributed by atoms with Gasteiger partial charge in [-0.15, -0.1) is 0 Å². The first-order chi connectivity index (χ1) is 21.9. The minimum Gasteiger partial charge on any atom is -0.504 e. The Morgan fingerprint density at radius 3 is 2.36 bits per heavy atom. The molecule has 256 valence electrons. The lowest BCUT2D eigenvalue weighted by Crippen LogP contribution is -2.71. The lowest BCUT2D eigenvalue weighted by atomic mass is 9.54. The van der Waals surface area contributed by atoms with Crippen LogP contribution in [0.2, 0.25) is 0 Å². The Balaban J connectivity index is 1.54. The Labute approximate surface area is 270 Å². The molecule has 1 aromatic carbocycles. The number of phenolic OH excluding ortho intramolecular Hbond substituents is 1. The SMILES string of the molecule is CC(=O)C[C@@H](CC(=O)OC1=CC[C@@]2(O)[C@@H](C)N(C)CC[C@@]23c2c(C)ccc(O)c2O[C@@H]13)C(=O)O[C@@H](C)C(=O)O[C@@H](CC(=O)O)C(=O)O. The number of aromatic hydroxyl groups is 1. The number of piperidine rings is 1. The van der Waals surface area contributed by atoms with Crippen molar-refractivity contribution in [2.45, 2.75) is 95.2 Å². The maximum atomic E-state index is 13.3. The van der Waals surface area contributed by atoms with E-state index >= 15 is 0 Å². The average molecular weight is 662 g/mol. The number of benzene rings is 1. The number of esters is 3. The van der Waals surface area contributed by atoms with Gasteiger partial charge in [0.05, 0.1) is 29.8 Å². The van der Waals surface area contributed by atoms with E-state index < -0.39 is 90.1 Å². The van der Waals surface area contributed by atoms with E-state index in [2.05, 4.69) is 4.74 Å². The van der Waals surface area contributed by atoms with E-state index in [9.17, 15) is 39.0 Å². The molecule has 1 aliphatic carbocycles. The number of aliphatic carboxylic acids is 2. The fourth-order valence-electron chi connectivity index (χ4n) is 6.86. The van der Waals surface area contributed by atoms with Gasteiger partial charge < -0.3 is 49.1 Å². The number of fused-ring (bicyclic) bond motifs is 1. The zero-order chi connectivity index (χ0) is 35.0. The first-order valence-corrected chi connectivity index (χ1v) is 15.1. The third kappa shape index (κ3) is 6.54. The van der Waals surface area contributed by atoms with Crippen molar-refractivity contribution in [3.63, 3.8) is 0 Å². The van der Waals surface area contributed by atoms with Crippen LogP contribution >= 0.6 is 0 Å². The third-order valence-electron chi connectivity index (χ3n) is 9.36. The molecule has 2 aliphatic heterocycles. The van der Waals surface area contributed by atoms with Gasteiger partial charge in [-0.2, -0.15) is 0 Å². The Morgan fingerprint density at radius 2 is 1.74 bits per heavy atom. The number of Topliss-reactive ketones (excluding diaryl/α,β-unsaturated/α-hetero) is 1. The number of likely N-dealkylation sites (tertiary alicyclic amines) is 1. The zero-order valence-electron chi connectivity index (χ0n) is 26.7. The fourth-order valence-corrected chi connectivity index (χ4v) is 6.86. The van der Waals surface area contributed by atoms with E-state index in [1.165, 1.54) is 13.0 Å². The highest BCUT2D eigenvalue weighted by Gasteiger charge is 2.69. The van der Waals surface area contributed by atoms with Crippen LogP contribution in [-0.4, -0.2) is 105 Å². The topological polar surface area (TPSA) is 223 Å². The Morgan fingerprint density at radius 1 is 1.06 bits per heavy atom. The first kappa shape index (κ1) is 35.4. The summed E-state index contributed by atoms with van der Waals surface area (Å²) in [5, 5.41) is 41.0.